The molecule has 0 amide bonds. The molecule has 0 aliphatic carbocycles. The minimum Gasteiger partial charge on any atom is -0.545 e. The highest BCUT2D eigenvalue weighted by molar-refractivity contribution is 5.89. The maximum atomic E-state index is 10.9. The first kappa shape index (κ1) is 11.0. The van der Waals surface area contributed by atoms with Gasteiger partial charge in [-0.05, 0) is 37.8 Å². The summed E-state index contributed by atoms with van der Waals surface area (Å²) >= 11 is 0. The summed E-state index contributed by atoms with van der Waals surface area (Å²) in [6, 6.07) is 5.40. The van der Waals surface area contributed by atoms with Crippen molar-refractivity contribution in [1.29, 1.82) is 0 Å². The molecule has 0 spiro atoms. The molecule has 16 heavy (non-hydrogen) atoms. The molecule has 0 saturated carbocycles. The Morgan fingerprint density at radius 1 is 1.25 bits per heavy atom. The summed E-state index contributed by atoms with van der Waals surface area (Å²) < 4.78 is 0. The highest BCUT2D eigenvalue weighted by Crippen LogP contribution is 2.25. The van der Waals surface area contributed by atoms with E-state index in [-0.39, 0.29) is 0 Å². The molecule has 1 aliphatic rings. The lowest BCUT2D eigenvalue weighted by molar-refractivity contribution is -0.255. The quantitative estimate of drug-likeness (QED) is 0.752. The van der Waals surface area contributed by atoms with Crippen LogP contribution in [0.25, 0.3) is 0 Å². The van der Waals surface area contributed by atoms with E-state index in [2.05, 4.69) is 4.90 Å². The van der Waals surface area contributed by atoms with Gasteiger partial charge in [-0.15, -0.1) is 0 Å². The lowest BCUT2D eigenvalue weighted by Crippen LogP contribution is -2.31. The molecule has 0 aromatic heterocycles. The van der Waals surface area contributed by atoms with Gasteiger partial charge in [0.15, 0.2) is 0 Å². The van der Waals surface area contributed by atoms with E-state index in [9.17, 15) is 9.90 Å². The van der Waals surface area contributed by atoms with E-state index in [1.807, 2.05) is 13.0 Å². The van der Waals surface area contributed by atoms with Crippen molar-refractivity contribution < 1.29 is 9.90 Å². The number of nitrogens with zero attached hydrogens (tertiary/aromatic N) is 1. The number of aromatic carboxylic acids is 1. The number of carbonyl (C=O) groups is 1. The van der Waals surface area contributed by atoms with Crippen LogP contribution in [-0.2, 0) is 0 Å². The van der Waals surface area contributed by atoms with Gasteiger partial charge in [0.25, 0.3) is 0 Å². The van der Waals surface area contributed by atoms with Gasteiger partial charge < -0.3 is 14.8 Å². The van der Waals surface area contributed by atoms with Gasteiger partial charge in [0.1, 0.15) is 0 Å². The fourth-order valence-electron chi connectivity index (χ4n) is 2.32. The van der Waals surface area contributed by atoms with Crippen LogP contribution >= 0.6 is 0 Å². The van der Waals surface area contributed by atoms with E-state index in [1.165, 1.54) is 19.3 Å². The third kappa shape index (κ3) is 2.03. The van der Waals surface area contributed by atoms with Gasteiger partial charge >= 0.3 is 0 Å². The first-order valence-electron chi connectivity index (χ1n) is 5.76. The van der Waals surface area contributed by atoms with E-state index in [4.69, 9.17) is 0 Å². The van der Waals surface area contributed by atoms with E-state index in [1.54, 1.807) is 12.1 Å². The number of carbonyl (C=O) groups excluding carboxylic acids is 1. The molecule has 0 atom stereocenters. The molecule has 3 nitrogen and oxygen atoms in total. The van der Waals surface area contributed by atoms with Crippen LogP contribution in [0, 0.1) is 6.92 Å². The van der Waals surface area contributed by atoms with Crippen LogP contribution < -0.4 is 10.0 Å². The second-order valence-corrected chi connectivity index (χ2v) is 4.28. The predicted octanol–water partition coefficient (Wildman–Crippen LogP) is 1.35. The van der Waals surface area contributed by atoms with Gasteiger partial charge in [-0.1, -0.05) is 12.1 Å². The molecule has 1 saturated heterocycles. The zero-order valence-corrected chi connectivity index (χ0v) is 9.53. The molecular weight excluding hydrogens is 202 g/mol. The minimum absolute atomic E-state index is 0.308. The highest BCUT2D eigenvalue weighted by atomic mass is 16.4. The van der Waals surface area contributed by atoms with E-state index >= 15 is 0 Å². The molecule has 1 fully saturated rings. The second kappa shape index (κ2) is 4.56. The summed E-state index contributed by atoms with van der Waals surface area (Å²) in [4.78, 5) is 13.2. The average molecular weight is 218 g/mol. The van der Waals surface area contributed by atoms with Gasteiger partial charge in [-0.25, -0.2) is 0 Å². The molecule has 2 rings (SSSR count). The lowest BCUT2D eigenvalue weighted by atomic mass is 10.0. The number of piperidine rings is 1. The van der Waals surface area contributed by atoms with Gasteiger partial charge in [-0.3, -0.25) is 0 Å². The minimum atomic E-state index is -1.09. The summed E-state index contributed by atoms with van der Waals surface area (Å²) in [6.45, 7) is 3.91. The summed E-state index contributed by atoms with van der Waals surface area (Å²) in [5, 5.41) is 10.9. The van der Waals surface area contributed by atoms with Crippen molar-refractivity contribution in [3.8, 4) is 0 Å². The summed E-state index contributed by atoms with van der Waals surface area (Å²) in [5.41, 5.74) is 2.17. The standard InChI is InChI=1S/C13H17NO2/c1-10-11(13(15)16)6-5-7-12(10)14-8-3-2-4-9-14/h5-7H,2-4,8-9H2,1H3,(H,15,16)/p-1. The van der Waals surface area contributed by atoms with Crippen LogP contribution in [0.4, 0.5) is 5.69 Å². The SMILES string of the molecule is Cc1c(C(=O)[O-])cccc1N1CCCCC1. The normalized spacial score (nSPS) is 16.2. The number of benzene rings is 1. The maximum absolute atomic E-state index is 10.9. The van der Waals surface area contributed by atoms with Gasteiger partial charge in [0.2, 0.25) is 0 Å². The van der Waals surface area contributed by atoms with Gasteiger partial charge in [0, 0.05) is 24.3 Å². The third-order valence-corrected chi connectivity index (χ3v) is 3.22. The molecule has 1 aromatic carbocycles. The number of anilines is 1. The Bertz CT molecular complexity index is 395. The van der Waals surface area contributed by atoms with Crippen molar-refractivity contribution >= 4 is 11.7 Å². The van der Waals surface area contributed by atoms with Crippen molar-refractivity contribution in [3.05, 3.63) is 29.3 Å². The molecule has 0 N–H and O–H groups in total. The molecule has 1 aliphatic heterocycles. The fourth-order valence-corrected chi connectivity index (χ4v) is 2.32. The van der Waals surface area contributed by atoms with Gasteiger partial charge in [0.05, 0.1) is 5.97 Å². The Kier molecular flexibility index (Phi) is 3.13. The first-order valence-corrected chi connectivity index (χ1v) is 5.76. The Labute approximate surface area is 95.7 Å². The summed E-state index contributed by atoms with van der Waals surface area (Å²) in [7, 11) is 0. The zero-order chi connectivity index (χ0) is 11.5. The summed E-state index contributed by atoms with van der Waals surface area (Å²) in [5.74, 6) is -1.09. The van der Waals surface area contributed by atoms with E-state index in [0.717, 1.165) is 24.3 Å². The molecule has 3 heteroatoms. The van der Waals surface area contributed by atoms with Gasteiger partial charge in [-0.2, -0.15) is 0 Å². The van der Waals surface area contributed by atoms with Crippen LogP contribution in [-0.4, -0.2) is 19.1 Å². The van der Waals surface area contributed by atoms with E-state index < -0.39 is 5.97 Å². The lowest BCUT2D eigenvalue weighted by Gasteiger charge is -2.30. The van der Waals surface area contributed by atoms with Crippen molar-refractivity contribution in [1.82, 2.24) is 0 Å². The molecule has 1 heterocycles. The third-order valence-electron chi connectivity index (χ3n) is 3.22. The smallest absolute Gasteiger partial charge is 0.0718 e. The Hall–Kier alpha value is -1.51. The van der Waals surface area contributed by atoms with Crippen LogP contribution in [0.5, 0.6) is 0 Å². The predicted molar refractivity (Wildman–Crippen MR) is 61.6 cm³/mol. The maximum Gasteiger partial charge on any atom is 0.0718 e. The number of carboxylic acid groups (broad SMARTS) is 1. The van der Waals surface area contributed by atoms with Crippen LogP contribution in [0.15, 0.2) is 18.2 Å². The molecular formula is C13H16NO2-. The number of hydrogen-bond acceptors (Lipinski definition) is 3. The largest absolute Gasteiger partial charge is 0.545 e. The fraction of sp³-hybridized carbons (Fsp3) is 0.462. The van der Waals surface area contributed by atoms with Crippen LogP contribution in [0.2, 0.25) is 0 Å². The topological polar surface area (TPSA) is 43.4 Å². The number of rotatable bonds is 2. The molecule has 1 aromatic rings. The Morgan fingerprint density at radius 3 is 2.56 bits per heavy atom. The molecule has 86 valence electrons. The number of carboxylic acids is 1. The van der Waals surface area contributed by atoms with Crippen molar-refractivity contribution in [3.63, 3.8) is 0 Å². The molecule has 0 radical (unpaired) electrons. The summed E-state index contributed by atoms with van der Waals surface area (Å²) in [6.07, 6.45) is 3.65. The Balaban J connectivity index is 2.33. The van der Waals surface area contributed by atoms with Crippen molar-refractivity contribution in [2.24, 2.45) is 0 Å². The monoisotopic (exact) mass is 218 g/mol. The second-order valence-electron chi connectivity index (χ2n) is 4.28. The van der Waals surface area contributed by atoms with Crippen LogP contribution in [0.1, 0.15) is 35.2 Å². The average Bonchev–Trinajstić information content (AvgIpc) is 2.30. The molecule has 0 bridgehead atoms. The number of hydrogen-bond donors (Lipinski definition) is 0. The van der Waals surface area contributed by atoms with Crippen molar-refractivity contribution in [2.75, 3.05) is 18.0 Å². The first-order chi connectivity index (χ1) is 7.70. The molecule has 0 unspecified atom stereocenters. The Morgan fingerprint density at radius 2 is 1.94 bits per heavy atom. The zero-order valence-electron chi connectivity index (χ0n) is 9.53. The van der Waals surface area contributed by atoms with Crippen LogP contribution in [0.3, 0.4) is 0 Å². The van der Waals surface area contributed by atoms with Crippen molar-refractivity contribution in [2.45, 2.75) is 26.2 Å². The highest BCUT2D eigenvalue weighted by Gasteiger charge is 2.14. The van der Waals surface area contributed by atoms with E-state index in [0.29, 0.717) is 5.56 Å².